The van der Waals surface area contributed by atoms with Crippen LogP contribution in [-0.4, -0.2) is 54.5 Å². The van der Waals surface area contributed by atoms with Crippen LogP contribution in [0, 0.1) is 0 Å². The molecule has 0 radical (unpaired) electrons. The number of anilines is 1. The van der Waals surface area contributed by atoms with Gasteiger partial charge in [0.05, 0.1) is 13.2 Å². The fourth-order valence-corrected chi connectivity index (χ4v) is 1.63. The standard InChI is InChI=1S/C13H18N4O3/c1-3-7-19-12-14-11(17-5-9-18-10-6-17)15-13(16-12)20-8-4-2/h3-4H,1-2,5-10H2. The summed E-state index contributed by atoms with van der Waals surface area (Å²) in [6, 6.07) is 0.445. The third-order valence-corrected chi connectivity index (χ3v) is 2.54. The second-order valence-electron chi connectivity index (χ2n) is 4.00. The van der Waals surface area contributed by atoms with Crippen molar-refractivity contribution in [3.05, 3.63) is 25.3 Å². The molecule has 2 heterocycles. The summed E-state index contributed by atoms with van der Waals surface area (Å²) in [6.45, 7) is 10.6. The molecule has 0 atom stereocenters. The van der Waals surface area contributed by atoms with Crippen LogP contribution in [0.1, 0.15) is 0 Å². The van der Waals surface area contributed by atoms with Crippen LogP contribution < -0.4 is 14.4 Å². The minimum Gasteiger partial charge on any atom is -0.459 e. The van der Waals surface area contributed by atoms with Gasteiger partial charge in [-0.25, -0.2) is 0 Å². The smallest absolute Gasteiger partial charge is 0.324 e. The molecule has 2 rings (SSSR count). The van der Waals surface area contributed by atoms with Crippen LogP contribution >= 0.6 is 0 Å². The van der Waals surface area contributed by atoms with Crippen molar-refractivity contribution in [2.75, 3.05) is 44.4 Å². The number of hydrogen-bond acceptors (Lipinski definition) is 7. The van der Waals surface area contributed by atoms with Gasteiger partial charge in [0, 0.05) is 13.1 Å². The third kappa shape index (κ3) is 3.92. The van der Waals surface area contributed by atoms with Gasteiger partial charge in [-0.3, -0.25) is 0 Å². The minimum atomic E-state index is 0.223. The highest BCUT2D eigenvalue weighted by atomic mass is 16.5. The van der Waals surface area contributed by atoms with E-state index in [1.165, 1.54) is 0 Å². The Labute approximate surface area is 117 Å². The first-order valence-electron chi connectivity index (χ1n) is 6.39. The van der Waals surface area contributed by atoms with Crippen LogP contribution in [-0.2, 0) is 4.74 Å². The van der Waals surface area contributed by atoms with Gasteiger partial charge in [0.25, 0.3) is 0 Å². The SMILES string of the molecule is C=CCOc1nc(OCC=C)nc(N2CCOCC2)n1. The van der Waals surface area contributed by atoms with Crippen molar-refractivity contribution in [1.29, 1.82) is 0 Å². The maximum atomic E-state index is 5.36. The molecule has 7 heteroatoms. The van der Waals surface area contributed by atoms with E-state index in [1.807, 2.05) is 4.90 Å². The number of hydrogen-bond donors (Lipinski definition) is 0. The van der Waals surface area contributed by atoms with Crippen molar-refractivity contribution in [2.45, 2.75) is 0 Å². The third-order valence-electron chi connectivity index (χ3n) is 2.54. The van der Waals surface area contributed by atoms with Gasteiger partial charge in [-0.05, 0) is 0 Å². The maximum absolute atomic E-state index is 5.36. The predicted octanol–water partition coefficient (Wildman–Crippen LogP) is 0.838. The maximum Gasteiger partial charge on any atom is 0.324 e. The molecule has 1 aromatic rings. The molecule has 108 valence electrons. The van der Waals surface area contributed by atoms with Crippen molar-refractivity contribution in [1.82, 2.24) is 15.0 Å². The Morgan fingerprint density at radius 3 is 2.05 bits per heavy atom. The van der Waals surface area contributed by atoms with Crippen LogP contribution in [0.5, 0.6) is 12.0 Å². The Morgan fingerprint density at radius 1 is 1.00 bits per heavy atom. The summed E-state index contributed by atoms with van der Waals surface area (Å²) in [5.74, 6) is 0.529. The van der Waals surface area contributed by atoms with Gasteiger partial charge in [-0.15, -0.1) is 4.98 Å². The lowest BCUT2D eigenvalue weighted by molar-refractivity contribution is 0.121. The zero-order chi connectivity index (χ0) is 14.2. The fourth-order valence-electron chi connectivity index (χ4n) is 1.63. The van der Waals surface area contributed by atoms with Crippen molar-refractivity contribution in [2.24, 2.45) is 0 Å². The molecular weight excluding hydrogens is 260 g/mol. The largest absolute Gasteiger partial charge is 0.459 e. The number of rotatable bonds is 7. The molecule has 0 unspecified atom stereocenters. The number of ether oxygens (including phenoxy) is 3. The lowest BCUT2D eigenvalue weighted by atomic mass is 10.4. The molecule has 0 amide bonds. The zero-order valence-electron chi connectivity index (χ0n) is 11.3. The van der Waals surface area contributed by atoms with Gasteiger partial charge in [0.1, 0.15) is 13.2 Å². The summed E-state index contributed by atoms with van der Waals surface area (Å²) >= 11 is 0. The van der Waals surface area contributed by atoms with Gasteiger partial charge in [-0.2, -0.15) is 9.97 Å². The molecule has 0 aliphatic carbocycles. The van der Waals surface area contributed by atoms with Gasteiger partial charge >= 0.3 is 12.0 Å². The molecule has 0 spiro atoms. The molecule has 20 heavy (non-hydrogen) atoms. The Morgan fingerprint density at radius 2 is 1.55 bits per heavy atom. The first-order valence-corrected chi connectivity index (χ1v) is 6.39. The quantitative estimate of drug-likeness (QED) is 0.684. The highest BCUT2D eigenvalue weighted by Gasteiger charge is 2.17. The molecule has 0 saturated carbocycles. The molecular formula is C13H18N4O3. The van der Waals surface area contributed by atoms with Gasteiger partial charge in [0.15, 0.2) is 0 Å². The number of morpholine rings is 1. The van der Waals surface area contributed by atoms with E-state index in [2.05, 4.69) is 28.1 Å². The topological polar surface area (TPSA) is 69.6 Å². The Bertz CT molecular complexity index is 431. The summed E-state index contributed by atoms with van der Waals surface area (Å²) in [4.78, 5) is 14.6. The average molecular weight is 278 g/mol. The highest BCUT2D eigenvalue weighted by Crippen LogP contribution is 2.17. The van der Waals surface area contributed by atoms with Crippen molar-refractivity contribution in [3.8, 4) is 12.0 Å². The molecule has 1 aliphatic heterocycles. The summed E-state index contributed by atoms with van der Waals surface area (Å²) < 4.78 is 16.0. The van der Waals surface area contributed by atoms with Gasteiger partial charge in [-0.1, -0.05) is 25.3 Å². The van der Waals surface area contributed by atoms with Gasteiger partial charge in [0.2, 0.25) is 5.95 Å². The fraction of sp³-hybridized carbons (Fsp3) is 0.462. The van der Waals surface area contributed by atoms with Crippen LogP contribution in [0.4, 0.5) is 5.95 Å². The van der Waals surface area contributed by atoms with E-state index >= 15 is 0 Å². The number of aromatic nitrogens is 3. The molecule has 1 saturated heterocycles. The van der Waals surface area contributed by atoms with Crippen molar-refractivity contribution >= 4 is 5.95 Å². The van der Waals surface area contributed by atoms with E-state index < -0.39 is 0 Å². The van der Waals surface area contributed by atoms with E-state index in [0.717, 1.165) is 13.1 Å². The van der Waals surface area contributed by atoms with E-state index in [9.17, 15) is 0 Å². The first kappa shape index (κ1) is 14.3. The van der Waals surface area contributed by atoms with E-state index in [0.29, 0.717) is 32.4 Å². The Kier molecular flexibility index (Phi) is 5.31. The van der Waals surface area contributed by atoms with Gasteiger partial charge < -0.3 is 19.1 Å². The van der Waals surface area contributed by atoms with Crippen LogP contribution in [0.3, 0.4) is 0 Å². The van der Waals surface area contributed by atoms with Crippen molar-refractivity contribution < 1.29 is 14.2 Å². The molecule has 1 aliphatic rings. The predicted molar refractivity (Wildman–Crippen MR) is 74.2 cm³/mol. The minimum absolute atomic E-state index is 0.223. The average Bonchev–Trinajstić information content (AvgIpc) is 2.51. The van der Waals surface area contributed by atoms with Crippen molar-refractivity contribution in [3.63, 3.8) is 0 Å². The first-order chi connectivity index (χ1) is 9.83. The summed E-state index contributed by atoms with van der Waals surface area (Å²) in [6.07, 6.45) is 3.25. The zero-order valence-corrected chi connectivity index (χ0v) is 11.3. The molecule has 7 nitrogen and oxygen atoms in total. The van der Waals surface area contributed by atoms with Crippen LogP contribution in [0.15, 0.2) is 25.3 Å². The molecule has 1 fully saturated rings. The molecule has 0 N–H and O–H groups in total. The summed E-state index contributed by atoms with van der Waals surface area (Å²) in [5.41, 5.74) is 0. The van der Waals surface area contributed by atoms with Crippen LogP contribution in [0.2, 0.25) is 0 Å². The lowest BCUT2D eigenvalue weighted by Gasteiger charge is -2.26. The molecule has 0 bridgehead atoms. The Hall–Kier alpha value is -2.15. The van der Waals surface area contributed by atoms with E-state index in [4.69, 9.17) is 14.2 Å². The molecule has 1 aromatic heterocycles. The van der Waals surface area contributed by atoms with E-state index in [1.54, 1.807) is 12.2 Å². The Balaban J connectivity index is 2.18. The van der Waals surface area contributed by atoms with Crippen LogP contribution in [0.25, 0.3) is 0 Å². The summed E-state index contributed by atoms with van der Waals surface area (Å²) in [7, 11) is 0. The summed E-state index contributed by atoms with van der Waals surface area (Å²) in [5, 5.41) is 0. The normalized spacial score (nSPS) is 14.7. The highest BCUT2D eigenvalue weighted by molar-refractivity contribution is 5.32. The van der Waals surface area contributed by atoms with E-state index in [-0.39, 0.29) is 12.0 Å². The second-order valence-corrected chi connectivity index (χ2v) is 4.00. The second kappa shape index (κ2) is 7.44. The molecule has 0 aromatic carbocycles. The number of nitrogens with zero attached hydrogens (tertiary/aromatic N) is 4. The lowest BCUT2D eigenvalue weighted by Crippen LogP contribution is -2.37. The monoisotopic (exact) mass is 278 g/mol.